The van der Waals surface area contributed by atoms with Crippen molar-refractivity contribution in [1.82, 2.24) is 5.32 Å². The predicted octanol–water partition coefficient (Wildman–Crippen LogP) is 2.14. The molecule has 1 aromatic rings. The Hall–Kier alpha value is -0.780. The summed E-state index contributed by atoms with van der Waals surface area (Å²) in [6.45, 7) is 2.02. The van der Waals surface area contributed by atoms with Crippen molar-refractivity contribution in [2.24, 2.45) is 0 Å². The minimum Gasteiger partial charge on any atom is -0.491 e. The van der Waals surface area contributed by atoms with Crippen LogP contribution in [0, 0.1) is 0 Å². The van der Waals surface area contributed by atoms with E-state index in [1.807, 2.05) is 6.07 Å². The first-order valence-corrected chi connectivity index (χ1v) is 5.76. The van der Waals surface area contributed by atoms with Crippen LogP contribution in [0.3, 0.4) is 0 Å². The molecule has 6 heteroatoms. The molecule has 1 aromatic carbocycles. The van der Waals surface area contributed by atoms with Crippen LogP contribution in [-0.2, 0) is 11.3 Å². The maximum Gasteiger partial charge on any atom is 0.341 e. The third-order valence-electron chi connectivity index (χ3n) is 2.38. The molecule has 0 radical (unpaired) electrons. The fraction of sp³-hybridized carbons (Fsp3) is 0.364. The van der Waals surface area contributed by atoms with Crippen molar-refractivity contribution in [3.8, 4) is 5.75 Å². The Morgan fingerprint density at radius 1 is 1.53 bits per heavy atom. The molecule has 1 aliphatic heterocycles. The summed E-state index contributed by atoms with van der Waals surface area (Å²) in [5.41, 5.74) is 1.43. The Labute approximate surface area is 114 Å². The molecule has 0 fully saturated rings. The maximum absolute atomic E-state index is 11.6. The first kappa shape index (κ1) is 14.3. The molecule has 1 heterocycles. The molecule has 4 nitrogen and oxygen atoms in total. The number of halogens is 2. The molecule has 0 aliphatic carbocycles. The molecule has 0 bridgehead atoms. The van der Waals surface area contributed by atoms with Gasteiger partial charge < -0.3 is 14.8 Å². The number of carbonyl (C=O) groups is 1. The number of carbonyl (C=O) groups excluding carboxylic acids is 1. The largest absolute Gasteiger partial charge is 0.491 e. The van der Waals surface area contributed by atoms with E-state index in [4.69, 9.17) is 9.47 Å². The van der Waals surface area contributed by atoms with Gasteiger partial charge in [-0.25, -0.2) is 4.79 Å². The lowest BCUT2D eigenvalue weighted by atomic mass is 10.1. The van der Waals surface area contributed by atoms with E-state index in [1.165, 1.54) is 7.11 Å². The average Bonchev–Trinajstić information content (AvgIpc) is 2.51. The van der Waals surface area contributed by atoms with E-state index in [0.29, 0.717) is 24.5 Å². The number of hydrogen-bond donors (Lipinski definition) is 1. The number of nitrogens with one attached hydrogen (secondary N) is 1. The lowest BCUT2D eigenvalue weighted by Crippen LogP contribution is -2.16. The van der Waals surface area contributed by atoms with E-state index >= 15 is 0 Å². The number of methoxy groups -OCH3 is 1. The van der Waals surface area contributed by atoms with E-state index in [1.54, 1.807) is 6.07 Å². The molecule has 1 N–H and O–H groups in total. The number of hydrogen-bond acceptors (Lipinski definition) is 4. The fourth-order valence-electron chi connectivity index (χ4n) is 1.66. The Morgan fingerprint density at radius 2 is 2.29 bits per heavy atom. The summed E-state index contributed by atoms with van der Waals surface area (Å²) < 4.78 is 11.2. The van der Waals surface area contributed by atoms with Gasteiger partial charge in [-0.1, -0.05) is 15.9 Å². The van der Waals surface area contributed by atoms with Gasteiger partial charge in [0, 0.05) is 23.1 Å². The van der Waals surface area contributed by atoms with E-state index in [2.05, 4.69) is 21.2 Å². The quantitative estimate of drug-likeness (QED) is 0.805. The highest BCUT2D eigenvalue weighted by molar-refractivity contribution is 9.10. The minimum atomic E-state index is -0.376. The molecule has 17 heavy (non-hydrogen) atoms. The van der Waals surface area contributed by atoms with Gasteiger partial charge in [0.15, 0.2) is 0 Å². The highest BCUT2D eigenvalue weighted by Gasteiger charge is 2.19. The summed E-state index contributed by atoms with van der Waals surface area (Å²) in [6.07, 6.45) is 0. The second-order valence-electron chi connectivity index (χ2n) is 3.46. The zero-order valence-electron chi connectivity index (χ0n) is 9.29. The number of benzene rings is 1. The highest BCUT2D eigenvalue weighted by Crippen LogP contribution is 2.30. The summed E-state index contributed by atoms with van der Waals surface area (Å²) in [4.78, 5) is 11.6. The van der Waals surface area contributed by atoms with Gasteiger partial charge in [0.2, 0.25) is 0 Å². The minimum absolute atomic E-state index is 0. The van der Waals surface area contributed by atoms with Crippen molar-refractivity contribution in [2.75, 3.05) is 20.3 Å². The zero-order valence-corrected chi connectivity index (χ0v) is 11.7. The van der Waals surface area contributed by atoms with Crippen LogP contribution >= 0.6 is 28.3 Å². The number of ether oxygens (including phenoxy) is 2. The Bertz CT molecular complexity index is 425. The van der Waals surface area contributed by atoms with Crippen LogP contribution in [-0.4, -0.2) is 26.2 Å². The molecule has 94 valence electrons. The van der Waals surface area contributed by atoms with Gasteiger partial charge >= 0.3 is 5.97 Å². The smallest absolute Gasteiger partial charge is 0.341 e. The van der Waals surface area contributed by atoms with Gasteiger partial charge in [0.05, 0.1) is 7.11 Å². The fourth-order valence-corrected chi connectivity index (χ4v) is 2.17. The molecule has 0 spiro atoms. The van der Waals surface area contributed by atoms with Gasteiger partial charge in [-0.2, -0.15) is 0 Å². The summed E-state index contributed by atoms with van der Waals surface area (Å²) in [5, 5.41) is 3.22. The molecule has 0 saturated carbocycles. The molecule has 1 aliphatic rings. The summed E-state index contributed by atoms with van der Waals surface area (Å²) >= 11 is 3.37. The standard InChI is InChI=1S/C11H12BrNO3.ClH/c1-15-11(14)9-5-8(12)4-7-6-13-2-3-16-10(7)9;/h4-5,13H,2-3,6H2,1H3;1H. The monoisotopic (exact) mass is 321 g/mol. The van der Waals surface area contributed by atoms with Crippen LogP contribution in [0.15, 0.2) is 16.6 Å². The van der Waals surface area contributed by atoms with E-state index in [9.17, 15) is 4.79 Å². The van der Waals surface area contributed by atoms with E-state index in [0.717, 1.165) is 16.6 Å². The Morgan fingerprint density at radius 3 is 3.00 bits per heavy atom. The van der Waals surface area contributed by atoms with Crippen LogP contribution in [0.4, 0.5) is 0 Å². The van der Waals surface area contributed by atoms with E-state index in [-0.39, 0.29) is 18.4 Å². The van der Waals surface area contributed by atoms with Gasteiger partial charge in [-0.3, -0.25) is 0 Å². The van der Waals surface area contributed by atoms with Crippen molar-refractivity contribution in [3.05, 3.63) is 27.7 Å². The second kappa shape index (κ2) is 6.23. The number of fused-ring (bicyclic) bond motifs is 1. The second-order valence-corrected chi connectivity index (χ2v) is 4.37. The summed E-state index contributed by atoms with van der Waals surface area (Å²) in [7, 11) is 1.37. The maximum atomic E-state index is 11.6. The van der Waals surface area contributed by atoms with Crippen molar-refractivity contribution < 1.29 is 14.3 Å². The van der Waals surface area contributed by atoms with Crippen LogP contribution in [0.25, 0.3) is 0 Å². The molecular weight excluding hydrogens is 309 g/mol. The SMILES string of the molecule is COC(=O)c1cc(Br)cc2c1OCCNC2.Cl. The lowest BCUT2D eigenvalue weighted by molar-refractivity contribution is 0.0596. The van der Waals surface area contributed by atoms with Crippen molar-refractivity contribution in [2.45, 2.75) is 6.54 Å². The van der Waals surface area contributed by atoms with Gasteiger partial charge in [0.1, 0.15) is 17.9 Å². The molecule has 0 unspecified atom stereocenters. The van der Waals surface area contributed by atoms with Crippen LogP contribution in [0.5, 0.6) is 5.75 Å². The molecule has 0 amide bonds. The third-order valence-corrected chi connectivity index (χ3v) is 2.83. The Balaban J connectivity index is 0.00000144. The predicted molar refractivity (Wildman–Crippen MR) is 69.9 cm³/mol. The normalized spacial score (nSPS) is 13.8. The third kappa shape index (κ3) is 3.12. The van der Waals surface area contributed by atoms with Crippen molar-refractivity contribution in [3.63, 3.8) is 0 Å². The topological polar surface area (TPSA) is 47.6 Å². The molecule has 0 aromatic heterocycles. The number of rotatable bonds is 1. The molecule has 0 saturated heterocycles. The average molecular weight is 323 g/mol. The Kier molecular flexibility index (Phi) is 5.24. The molecule has 2 rings (SSSR count). The highest BCUT2D eigenvalue weighted by atomic mass is 79.9. The first-order chi connectivity index (χ1) is 7.72. The summed E-state index contributed by atoms with van der Waals surface area (Å²) in [6, 6.07) is 3.66. The number of esters is 1. The first-order valence-electron chi connectivity index (χ1n) is 4.96. The van der Waals surface area contributed by atoms with Crippen molar-refractivity contribution in [1.29, 1.82) is 0 Å². The van der Waals surface area contributed by atoms with Crippen LogP contribution in [0.1, 0.15) is 15.9 Å². The van der Waals surface area contributed by atoms with Gasteiger partial charge in [-0.05, 0) is 12.1 Å². The summed E-state index contributed by atoms with van der Waals surface area (Å²) in [5.74, 6) is 0.250. The molecular formula is C11H13BrClNO3. The lowest BCUT2D eigenvalue weighted by Gasteiger charge is -2.11. The van der Waals surface area contributed by atoms with Crippen molar-refractivity contribution >= 4 is 34.3 Å². The van der Waals surface area contributed by atoms with Gasteiger partial charge in [-0.15, -0.1) is 12.4 Å². The molecule has 0 atom stereocenters. The van der Waals surface area contributed by atoms with Crippen LogP contribution < -0.4 is 10.1 Å². The van der Waals surface area contributed by atoms with Crippen LogP contribution in [0.2, 0.25) is 0 Å². The van der Waals surface area contributed by atoms with Gasteiger partial charge in [0.25, 0.3) is 0 Å². The zero-order chi connectivity index (χ0) is 11.5. The van der Waals surface area contributed by atoms with E-state index < -0.39 is 0 Å².